The molecule has 2 N–H and O–H groups in total. The maximum absolute atomic E-state index is 14.1. The normalized spacial score (nSPS) is 14.0. The molecule has 1 aliphatic rings. The van der Waals surface area contributed by atoms with Gasteiger partial charge in [0.15, 0.2) is 11.5 Å². The van der Waals surface area contributed by atoms with Crippen molar-refractivity contribution in [2.24, 2.45) is 0 Å². The van der Waals surface area contributed by atoms with E-state index in [4.69, 9.17) is 24.3 Å². The second-order valence-corrected chi connectivity index (χ2v) is 13.1. The summed E-state index contributed by atoms with van der Waals surface area (Å²) in [5, 5.41) is 11.9. The summed E-state index contributed by atoms with van der Waals surface area (Å²) in [6, 6.07) is 18.6. The third-order valence-corrected chi connectivity index (χ3v) is 9.09. The molecule has 5 rings (SSSR count). The number of ether oxygens (including phenoxy) is 3. The Morgan fingerprint density at radius 3 is 2.64 bits per heavy atom. The van der Waals surface area contributed by atoms with Gasteiger partial charge in [-0.15, -0.1) is 5.10 Å². The van der Waals surface area contributed by atoms with Crippen molar-refractivity contribution in [2.45, 2.75) is 51.4 Å². The third-order valence-electron chi connectivity index (χ3n) is 7.08. The van der Waals surface area contributed by atoms with Crippen LogP contribution in [0.5, 0.6) is 17.2 Å². The van der Waals surface area contributed by atoms with E-state index < -0.39 is 6.04 Å². The number of thioether (sulfide) groups is 1. The number of carbonyl (C=O) groups is 1. The number of hydrogen-bond acceptors (Lipinski definition) is 8. The quantitative estimate of drug-likeness (QED) is 0.103. The van der Waals surface area contributed by atoms with E-state index in [-0.39, 0.29) is 5.91 Å². The molecule has 45 heavy (non-hydrogen) atoms. The second kappa shape index (κ2) is 15.2. The van der Waals surface area contributed by atoms with Crippen LogP contribution in [0, 0.1) is 0 Å². The van der Waals surface area contributed by atoms with Crippen LogP contribution in [-0.4, -0.2) is 40.1 Å². The number of fused-ring (bicyclic) bond motifs is 1. The molecule has 2 heterocycles. The maximum atomic E-state index is 14.1. The summed E-state index contributed by atoms with van der Waals surface area (Å²) >= 11 is 8.84. The van der Waals surface area contributed by atoms with Crippen LogP contribution in [0.15, 0.2) is 86.0 Å². The van der Waals surface area contributed by atoms with E-state index in [1.54, 1.807) is 23.6 Å². The van der Waals surface area contributed by atoms with Crippen molar-refractivity contribution in [3.8, 4) is 17.2 Å². The summed E-state index contributed by atoms with van der Waals surface area (Å²) < 4.78 is 21.3. The number of halogens is 2. The zero-order valence-corrected chi connectivity index (χ0v) is 29.5. The number of nitrogens with zero attached hydrogens (tertiary/aromatic N) is 3. The molecule has 1 aromatic heterocycles. The Hall–Kier alpha value is -3.48. The van der Waals surface area contributed by atoms with Gasteiger partial charge in [-0.05, 0) is 83.7 Å². The third kappa shape index (κ3) is 7.67. The van der Waals surface area contributed by atoms with Gasteiger partial charge in [0.05, 0.1) is 29.4 Å². The predicted octanol–water partition coefficient (Wildman–Crippen LogP) is 8.61. The fourth-order valence-corrected chi connectivity index (χ4v) is 6.90. The molecule has 9 nitrogen and oxygen atoms in total. The van der Waals surface area contributed by atoms with Gasteiger partial charge < -0.3 is 24.8 Å². The van der Waals surface area contributed by atoms with Crippen LogP contribution >= 0.6 is 43.6 Å². The van der Waals surface area contributed by atoms with Crippen molar-refractivity contribution < 1.29 is 19.0 Å². The van der Waals surface area contributed by atoms with Crippen LogP contribution in [0.3, 0.4) is 0 Å². The van der Waals surface area contributed by atoms with Gasteiger partial charge in [0.25, 0.3) is 5.91 Å². The highest BCUT2D eigenvalue weighted by Gasteiger charge is 2.36. The van der Waals surface area contributed by atoms with Gasteiger partial charge in [-0.25, -0.2) is 4.68 Å². The molecular weight excluding hydrogens is 722 g/mol. The molecule has 236 valence electrons. The molecule has 1 amide bonds. The van der Waals surface area contributed by atoms with E-state index >= 15 is 0 Å². The average Bonchev–Trinajstić information content (AvgIpc) is 3.42. The van der Waals surface area contributed by atoms with Gasteiger partial charge >= 0.3 is 0 Å². The Morgan fingerprint density at radius 1 is 1.07 bits per heavy atom. The zero-order chi connectivity index (χ0) is 31.9. The van der Waals surface area contributed by atoms with Gasteiger partial charge in [-0.3, -0.25) is 4.79 Å². The first-order chi connectivity index (χ1) is 21.8. The summed E-state index contributed by atoms with van der Waals surface area (Å²) in [6.45, 7) is 6.76. The van der Waals surface area contributed by atoms with E-state index in [2.05, 4.69) is 49.4 Å². The molecular formula is C33H35Br2N5O4S. The van der Waals surface area contributed by atoms with E-state index in [0.717, 1.165) is 34.2 Å². The number of benzene rings is 3. The Morgan fingerprint density at radius 2 is 1.89 bits per heavy atom. The van der Waals surface area contributed by atoms with Crippen molar-refractivity contribution in [2.75, 3.05) is 30.1 Å². The number of anilines is 2. The number of unbranched alkanes of at least 4 members (excludes halogenated alkanes) is 1. The molecule has 0 saturated heterocycles. The Kier molecular flexibility index (Phi) is 11.1. The number of methoxy groups -OCH3 is 1. The van der Waals surface area contributed by atoms with Crippen molar-refractivity contribution in [1.29, 1.82) is 0 Å². The van der Waals surface area contributed by atoms with E-state index in [1.165, 1.54) is 0 Å². The lowest BCUT2D eigenvalue weighted by molar-refractivity contribution is -0.113. The van der Waals surface area contributed by atoms with Gasteiger partial charge in [-0.1, -0.05) is 65.3 Å². The molecule has 0 saturated carbocycles. The first-order valence-corrected chi connectivity index (χ1v) is 17.2. The summed E-state index contributed by atoms with van der Waals surface area (Å²) in [7, 11) is 1.60. The number of hydrogen-bond donors (Lipinski definition) is 2. The average molecular weight is 758 g/mol. The number of rotatable bonds is 13. The van der Waals surface area contributed by atoms with Crippen LogP contribution in [-0.2, 0) is 11.4 Å². The van der Waals surface area contributed by atoms with Crippen molar-refractivity contribution in [3.05, 3.63) is 92.0 Å². The predicted molar refractivity (Wildman–Crippen MR) is 186 cm³/mol. The molecule has 4 aromatic rings. The van der Waals surface area contributed by atoms with Crippen molar-refractivity contribution >= 4 is 61.2 Å². The van der Waals surface area contributed by atoms with Crippen LogP contribution in [0.1, 0.15) is 50.8 Å². The SMILES string of the molecule is CCCCSc1nc2n(n1)C(c1cc(Br)c(OCc3cccc(Br)c3)c(OC)c1)C(C(=O)Nc1ccccc1OCC)=C(C)N2. The summed E-state index contributed by atoms with van der Waals surface area (Å²) in [5.41, 5.74) is 3.51. The molecule has 0 spiro atoms. The zero-order valence-electron chi connectivity index (χ0n) is 25.5. The summed E-state index contributed by atoms with van der Waals surface area (Å²) in [4.78, 5) is 18.9. The van der Waals surface area contributed by atoms with E-state index in [1.807, 2.05) is 74.5 Å². The number of nitrogens with one attached hydrogen (secondary N) is 2. The lowest BCUT2D eigenvalue weighted by Crippen LogP contribution is -2.31. The largest absolute Gasteiger partial charge is 0.493 e. The molecule has 3 aromatic carbocycles. The number of amides is 1. The Bertz CT molecular complexity index is 1710. The number of allylic oxidation sites excluding steroid dienone is 1. The minimum atomic E-state index is -0.613. The molecule has 0 fully saturated rings. The molecule has 12 heteroatoms. The molecule has 1 aliphatic heterocycles. The highest BCUT2D eigenvalue weighted by atomic mass is 79.9. The monoisotopic (exact) mass is 755 g/mol. The number of aromatic nitrogens is 3. The number of carbonyl (C=O) groups excluding carboxylic acids is 1. The first kappa shape index (κ1) is 32.9. The molecule has 0 bridgehead atoms. The summed E-state index contributed by atoms with van der Waals surface area (Å²) in [5.74, 6) is 2.85. The van der Waals surface area contributed by atoms with Crippen LogP contribution in [0.25, 0.3) is 0 Å². The minimum absolute atomic E-state index is 0.288. The minimum Gasteiger partial charge on any atom is -0.493 e. The van der Waals surface area contributed by atoms with Crippen LogP contribution in [0.4, 0.5) is 11.6 Å². The van der Waals surface area contributed by atoms with Gasteiger partial charge in [0.2, 0.25) is 11.1 Å². The van der Waals surface area contributed by atoms with E-state index in [0.29, 0.717) is 63.0 Å². The van der Waals surface area contributed by atoms with Gasteiger partial charge in [0, 0.05) is 15.9 Å². The van der Waals surface area contributed by atoms with Crippen molar-refractivity contribution in [1.82, 2.24) is 14.8 Å². The smallest absolute Gasteiger partial charge is 0.255 e. The van der Waals surface area contributed by atoms with E-state index in [9.17, 15) is 4.79 Å². The van der Waals surface area contributed by atoms with Crippen LogP contribution < -0.4 is 24.8 Å². The van der Waals surface area contributed by atoms with Crippen molar-refractivity contribution in [3.63, 3.8) is 0 Å². The molecule has 0 aliphatic carbocycles. The maximum Gasteiger partial charge on any atom is 0.255 e. The molecule has 0 radical (unpaired) electrons. The highest BCUT2D eigenvalue weighted by Crippen LogP contribution is 2.44. The molecule has 1 unspecified atom stereocenters. The Balaban J connectivity index is 1.54. The molecule has 1 atom stereocenters. The number of para-hydroxylation sites is 2. The standard InChI is InChI=1S/C33H35Br2N5O4S/c1-5-7-15-45-33-38-32-36-20(3)28(31(41)37-25-13-8-9-14-26(25)43-6-2)29(40(32)39-33)22-17-24(35)30(27(18-22)42-4)44-19-21-11-10-12-23(34)16-21/h8-14,16-18,29H,5-7,15,19H2,1-4H3,(H,37,41)(H,36,38,39). The highest BCUT2D eigenvalue weighted by molar-refractivity contribution is 9.10. The fourth-order valence-electron chi connectivity index (χ4n) is 4.96. The lowest BCUT2D eigenvalue weighted by atomic mass is 9.94. The second-order valence-electron chi connectivity index (χ2n) is 10.3. The topological polar surface area (TPSA) is 99.5 Å². The van der Waals surface area contributed by atoms with Crippen LogP contribution in [0.2, 0.25) is 0 Å². The first-order valence-electron chi connectivity index (χ1n) is 14.7. The summed E-state index contributed by atoms with van der Waals surface area (Å²) in [6.07, 6.45) is 2.14. The van der Waals surface area contributed by atoms with Gasteiger partial charge in [-0.2, -0.15) is 4.98 Å². The lowest BCUT2D eigenvalue weighted by Gasteiger charge is -2.29. The fraction of sp³-hybridized carbons (Fsp3) is 0.303. The Labute approximate surface area is 284 Å². The van der Waals surface area contributed by atoms with Gasteiger partial charge in [0.1, 0.15) is 18.4 Å².